The second-order valence-electron chi connectivity index (χ2n) is 6.30. The molecule has 2 aromatic rings. The summed E-state index contributed by atoms with van der Waals surface area (Å²) in [5.74, 6) is 0. The summed E-state index contributed by atoms with van der Waals surface area (Å²) >= 11 is 0. The zero-order chi connectivity index (χ0) is 15.7. The van der Waals surface area contributed by atoms with Crippen LogP contribution in [0.1, 0.15) is 26.3 Å². The molecule has 21 heavy (non-hydrogen) atoms. The highest BCUT2D eigenvalue weighted by atomic mass is 32.2. The number of rotatable bonds is 3. The van der Waals surface area contributed by atoms with Crippen molar-refractivity contribution in [1.82, 2.24) is 4.98 Å². The summed E-state index contributed by atoms with van der Waals surface area (Å²) < 4.78 is 23.7. The van der Waals surface area contributed by atoms with Crippen LogP contribution in [-0.2, 0) is 16.4 Å². The molecule has 0 fully saturated rings. The average Bonchev–Trinajstić information content (AvgIpc) is 2.36. The van der Waals surface area contributed by atoms with Crippen LogP contribution in [0.25, 0.3) is 11.1 Å². The zero-order valence-electron chi connectivity index (χ0n) is 12.5. The Hall–Kier alpha value is -1.72. The van der Waals surface area contributed by atoms with Gasteiger partial charge in [0.1, 0.15) is 0 Å². The summed E-state index contributed by atoms with van der Waals surface area (Å²) in [6.07, 6.45) is 2.25. The Kier molecular flexibility index (Phi) is 4.16. The predicted molar refractivity (Wildman–Crippen MR) is 84.2 cm³/mol. The third-order valence-corrected chi connectivity index (χ3v) is 3.90. The first-order valence-corrected chi connectivity index (χ1v) is 8.29. The Morgan fingerprint density at radius 3 is 2.24 bits per heavy atom. The van der Waals surface area contributed by atoms with Crippen molar-refractivity contribution in [2.24, 2.45) is 10.6 Å². The van der Waals surface area contributed by atoms with Crippen LogP contribution < -0.4 is 5.14 Å². The van der Waals surface area contributed by atoms with E-state index in [0.717, 1.165) is 17.5 Å². The van der Waals surface area contributed by atoms with Crippen LogP contribution in [0, 0.1) is 5.41 Å². The van der Waals surface area contributed by atoms with Crippen LogP contribution in [0.4, 0.5) is 0 Å². The van der Waals surface area contributed by atoms with Gasteiger partial charge in [0.25, 0.3) is 10.0 Å². The highest BCUT2D eigenvalue weighted by Gasteiger charge is 2.22. The molecule has 0 amide bonds. The lowest BCUT2D eigenvalue weighted by Gasteiger charge is -2.21. The molecule has 2 rings (SSSR count). The van der Waals surface area contributed by atoms with Gasteiger partial charge in [-0.25, -0.2) is 18.5 Å². The second kappa shape index (κ2) is 5.58. The van der Waals surface area contributed by atoms with E-state index in [1.807, 2.05) is 36.4 Å². The van der Waals surface area contributed by atoms with E-state index >= 15 is 0 Å². The van der Waals surface area contributed by atoms with E-state index in [2.05, 4.69) is 25.8 Å². The van der Waals surface area contributed by atoms with Crippen molar-refractivity contribution in [1.29, 1.82) is 0 Å². The molecule has 0 atom stereocenters. The first-order valence-electron chi connectivity index (χ1n) is 6.74. The smallest absolute Gasteiger partial charge is 0.243 e. The molecule has 0 unspecified atom stereocenters. The molecule has 2 N–H and O–H groups in total. The van der Waals surface area contributed by atoms with Crippen molar-refractivity contribution in [3.63, 3.8) is 0 Å². The molecule has 1 aromatic carbocycles. The topological polar surface area (TPSA) is 73.0 Å². The highest BCUT2D eigenvalue weighted by Crippen LogP contribution is 2.32. The summed E-state index contributed by atoms with van der Waals surface area (Å²) in [7, 11) is -3.87. The number of aromatic nitrogens is 1. The number of primary sulfonamides is 1. The SMILES string of the molecule is CC(C)(C)Cc1ccnc(S(N)(=O)=O)c1-c1ccccc1. The molecule has 0 aliphatic carbocycles. The van der Waals surface area contributed by atoms with Crippen LogP contribution in [-0.4, -0.2) is 13.4 Å². The summed E-state index contributed by atoms with van der Waals surface area (Å²) in [4.78, 5) is 4.00. The Bertz CT molecular complexity index is 733. The minimum atomic E-state index is -3.87. The molecule has 112 valence electrons. The summed E-state index contributed by atoms with van der Waals surface area (Å²) in [5, 5.41) is 5.28. The van der Waals surface area contributed by atoms with E-state index in [0.29, 0.717) is 5.56 Å². The maximum atomic E-state index is 11.9. The molecule has 0 aliphatic rings. The molecular formula is C16H20N2O2S. The number of pyridine rings is 1. The number of sulfonamides is 1. The van der Waals surface area contributed by atoms with Crippen molar-refractivity contribution in [2.75, 3.05) is 0 Å². The van der Waals surface area contributed by atoms with Crippen molar-refractivity contribution in [3.05, 3.63) is 48.2 Å². The molecular weight excluding hydrogens is 284 g/mol. The largest absolute Gasteiger partial charge is 0.256 e. The Balaban J connectivity index is 2.73. The third kappa shape index (κ3) is 3.89. The molecule has 0 spiro atoms. The predicted octanol–water partition coefficient (Wildman–Crippen LogP) is 2.98. The average molecular weight is 304 g/mol. The van der Waals surface area contributed by atoms with Gasteiger partial charge in [-0.1, -0.05) is 51.1 Å². The molecule has 0 aliphatic heterocycles. The minimum absolute atomic E-state index is 0.0283. The lowest BCUT2D eigenvalue weighted by molar-refractivity contribution is 0.411. The molecule has 1 aromatic heterocycles. The normalized spacial score (nSPS) is 12.4. The summed E-state index contributed by atoms with van der Waals surface area (Å²) in [6.45, 7) is 6.33. The number of nitrogens with two attached hydrogens (primary N) is 1. The van der Waals surface area contributed by atoms with E-state index in [1.54, 1.807) is 0 Å². The van der Waals surface area contributed by atoms with Crippen LogP contribution in [0.15, 0.2) is 47.6 Å². The quantitative estimate of drug-likeness (QED) is 0.947. The summed E-state index contributed by atoms with van der Waals surface area (Å²) in [5.41, 5.74) is 2.39. The highest BCUT2D eigenvalue weighted by molar-refractivity contribution is 7.89. The van der Waals surface area contributed by atoms with Crippen LogP contribution in [0.3, 0.4) is 0 Å². The molecule has 4 nitrogen and oxygen atoms in total. The van der Waals surface area contributed by atoms with Gasteiger partial charge in [-0.05, 0) is 29.0 Å². The van der Waals surface area contributed by atoms with Crippen molar-refractivity contribution in [3.8, 4) is 11.1 Å². The third-order valence-electron chi connectivity index (χ3n) is 3.06. The van der Waals surface area contributed by atoms with Gasteiger partial charge in [-0.3, -0.25) is 0 Å². The Morgan fingerprint density at radius 1 is 1.10 bits per heavy atom. The maximum absolute atomic E-state index is 11.9. The van der Waals surface area contributed by atoms with E-state index < -0.39 is 10.0 Å². The molecule has 0 saturated heterocycles. The number of nitrogens with zero attached hydrogens (tertiary/aromatic N) is 1. The van der Waals surface area contributed by atoms with Crippen LogP contribution in [0.2, 0.25) is 0 Å². The van der Waals surface area contributed by atoms with Gasteiger partial charge in [-0.15, -0.1) is 0 Å². The van der Waals surface area contributed by atoms with Crippen molar-refractivity contribution >= 4 is 10.0 Å². The number of hydrogen-bond acceptors (Lipinski definition) is 3. The van der Waals surface area contributed by atoms with E-state index in [1.165, 1.54) is 6.20 Å². The number of benzene rings is 1. The van der Waals surface area contributed by atoms with Crippen LogP contribution >= 0.6 is 0 Å². The zero-order valence-corrected chi connectivity index (χ0v) is 13.3. The molecule has 0 radical (unpaired) electrons. The molecule has 0 bridgehead atoms. The Labute approximate surface area is 126 Å². The number of hydrogen-bond donors (Lipinski definition) is 1. The van der Waals surface area contributed by atoms with Gasteiger partial charge in [0, 0.05) is 11.8 Å². The monoisotopic (exact) mass is 304 g/mol. The fourth-order valence-electron chi connectivity index (χ4n) is 2.33. The molecule has 5 heteroatoms. The van der Waals surface area contributed by atoms with Gasteiger partial charge >= 0.3 is 0 Å². The summed E-state index contributed by atoms with van der Waals surface area (Å²) in [6, 6.07) is 11.2. The van der Waals surface area contributed by atoms with Gasteiger partial charge in [-0.2, -0.15) is 0 Å². The lowest BCUT2D eigenvalue weighted by atomic mass is 9.85. The van der Waals surface area contributed by atoms with Gasteiger partial charge in [0.05, 0.1) is 0 Å². The van der Waals surface area contributed by atoms with Crippen LogP contribution in [0.5, 0.6) is 0 Å². The van der Waals surface area contributed by atoms with Gasteiger partial charge < -0.3 is 0 Å². The van der Waals surface area contributed by atoms with Gasteiger partial charge in [0.15, 0.2) is 5.03 Å². The maximum Gasteiger partial charge on any atom is 0.256 e. The lowest BCUT2D eigenvalue weighted by Crippen LogP contribution is -2.18. The first kappa shape index (κ1) is 15.7. The first-order chi connectivity index (χ1) is 9.68. The van der Waals surface area contributed by atoms with Gasteiger partial charge in [0.2, 0.25) is 0 Å². The van der Waals surface area contributed by atoms with E-state index in [4.69, 9.17) is 5.14 Å². The Morgan fingerprint density at radius 2 is 1.71 bits per heavy atom. The fraction of sp³-hybridized carbons (Fsp3) is 0.312. The minimum Gasteiger partial charge on any atom is -0.243 e. The van der Waals surface area contributed by atoms with Crippen molar-refractivity contribution < 1.29 is 8.42 Å². The second-order valence-corrected chi connectivity index (χ2v) is 7.78. The molecule has 1 heterocycles. The standard InChI is InChI=1S/C16H20N2O2S/c1-16(2,3)11-13-9-10-18-15(21(17,19)20)14(13)12-7-5-4-6-8-12/h4-10H,11H2,1-3H3,(H2,17,19,20). The molecule has 0 saturated carbocycles. The fourth-order valence-corrected chi connectivity index (χ4v) is 3.07. The van der Waals surface area contributed by atoms with E-state index in [-0.39, 0.29) is 10.4 Å². The van der Waals surface area contributed by atoms with Crippen molar-refractivity contribution in [2.45, 2.75) is 32.2 Å². The van der Waals surface area contributed by atoms with E-state index in [9.17, 15) is 8.42 Å².